The van der Waals surface area contributed by atoms with Gasteiger partial charge in [-0.05, 0) is 80.7 Å². The van der Waals surface area contributed by atoms with E-state index in [1.165, 1.54) is 49.9 Å². The fourth-order valence-electron chi connectivity index (χ4n) is 4.97. The third-order valence-electron chi connectivity index (χ3n) is 6.91. The summed E-state index contributed by atoms with van der Waals surface area (Å²) >= 11 is 12.2. The van der Waals surface area contributed by atoms with Gasteiger partial charge in [0.2, 0.25) is 5.91 Å². The first-order chi connectivity index (χ1) is 16.1. The molecule has 2 fully saturated rings. The number of rotatable bonds is 7. The van der Waals surface area contributed by atoms with Gasteiger partial charge in [-0.1, -0.05) is 66.4 Å². The van der Waals surface area contributed by atoms with Crippen molar-refractivity contribution >= 4 is 29.1 Å². The maximum Gasteiger partial charge on any atom is 0.223 e. The van der Waals surface area contributed by atoms with Crippen LogP contribution in [0.15, 0.2) is 42.5 Å². The minimum absolute atomic E-state index is 0.0929. The molecular formula is C27H35Cl2N3O. The van der Waals surface area contributed by atoms with Crippen LogP contribution in [0.3, 0.4) is 0 Å². The number of halogens is 2. The van der Waals surface area contributed by atoms with Crippen molar-refractivity contribution < 1.29 is 4.79 Å². The predicted octanol–water partition coefficient (Wildman–Crippen LogP) is 5.90. The Hall–Kier alpha value is -1.59. The monoisotopic (exact) mass is 487 g/mol. The van der Waals surface area contributed by atoms with E-state index in [1.807, 2.05) is 18.2 Å². The lowest BCUT2D eigenvalue weighted by Crippen LogP contribution is -2.40. The summed E-state index contributed by atoms with van der Waals surface area (Å²) in [5.74, 6) is 0.275. The number of nitrogens with zero attached hydrogens (tertiary/aromatic N) is 2. The zero-order valence-electron chi connectivity index (χ0n) is 19.4. The Bertz CT molecular complexity index is 919. The van der Waals surface area contributed by atoms with Crippen molar-refractivity contribution in [3.05, 3.63) is 69.2 Å². The number of carbonyl (C=O) groups is 1. The highest BCUT2D eigenvalue weighted by Gasteiger charge is 2.25. The van der Waals surface area contributed by atoms with Gasteiger partial charge < -0.3 is 5.32 Å². The van der Waals surface area contributed by atoms with Crippen molar-refractivity contribution in [2.75, 3.05) is 26.2 Å². The van der Waals surface area contributed by atoms with Crippen LogP contribution in [0.25, 0.3) is 0 Å². The van der Waals surface area contributed by atoms with Crippen LogP contribution in [0.2, 0.25) is 10.0 Å². The lowest BCUT2D eigenvalue weighted by Gasteiger charge is -2.31. The molecule has 178 valence electrons. The highest BCUT2D eigenvalue weighted by molar-refractivity contribution is 6.42. The molecule has 0 aromatic heterocycles. The molecule has 2 saturated heterocycles. The van der Waals surface area contributed by atoms with E-state index in [0.29, 0.717) is 16.6 Å². The molecular weight excluding hydrogens is 453 g/mol. The minimum atomic E-state index is 0.0929. The van der Waals surface area contributed by atoms with E-state index in [0.717, 1.165) is 44.6 Å². The van der Waals surface area contributed by atoms with Gasteiger partial charge >= 0.3 is 0 Å². The Balaban J connectivity index is 1.21. The second-order valence-electron chi connectivity index (χ2n) is 9.53. The van der Waals surface area contributed by atoms with Gasteiger partial charge in [0.1, 0.15) is 0 Å². The molecule has 2 aliphatic heterocycles. The first-order valence-corrected chi connectivity index (χ1v) is 13.1. The number of piperidine rings is 1. The summed E-state index contributed by atoms with van der Waals surface area (Å²) in [4.78, 5) is 17.7. The molecule has 1 N–H and O–H groups in total. The highest BCUT2D eigenvalue weighted by atomic mass is 35.5. The van der Waals surface area contributed by atoms with Gasteiger partial charge in [-0.15, -0.1) is 0 Å². The van der Waals surface area contributed by atoms with E-state index in [-0.39, 0.29) is 11.8 Å². The van der Waals surface area contributed by atoms with Crippen molar-refractivity contribution in [1.29, 1.82) is 0 Å². The van der Waals surface area contributed by atoms with Crippen LogP contribution in [-0.4, -0.2) is 41.9 Å². The number of nitrogens with one attached hydrogen (secondary N) is 1. The molecule has 0 bridgehead atoms. The summed E-state index contributed by atoms with van der Waals surface area (Å²) in [6.07, 6.45) is 7.11. The van der Waals surface area contributed by atoms with Crippen molar-refractivity contribution in [1.82, 2.24) is 15.1 Å². The number of amides is 1. The third-order valence-corrected chi connectivity index (χ3v) is 7.65. The Morgan fingerprint density at radius 2 is 1.42 bits per heavy atom. The van der Waals surface area contributed by atoms with Crippen LogP contribution in [0.5, 0.6) is 0 Å². The van der Waals surface area contributed by atoms with Crippen LogP contribution in [0.1, 0.15) is 55.2 Å². The van der Waals surface area contributed by atoms with E-state index < -0.39 is 0 Å². The molecule has 1 amide bonds. The van der Waals surface area contributed by atoms with E-state index in [9.17, 15) is 4.79 Å². The molecule has 2 aromatic carbocycles. The standard InChI is InChI=1S/C27H35Cl2N3O/c28-25-9-8-23(17-26(25)29)20-32-14-10-24(11-15-32)27(33)30-18-21-6-5-7-22(16-21)19-31-12-3-1-2-4-13-31/h5-9,16-17,24H,1-4,10-15,18-20H2,(H,30,33). The van der Waals surface area contributed by atoms with E-state index in [4.69, 9.17) is 23.2 Å². The molecule has 0 unspecified atom stereocenters. The van der Waals surface area contributed by atoms with Crippen LogP contribution in [0, 0.1) is 5.92 Å². The summed E-state index contributed by atoms with van der Waals surface area (Å²) in [6, 6.07) is 14.5. The smallest absolute Gasteiger partial charge is 0.223 e. The fourth-order valence-corrected chi connectivity index (χ4v) is 5.29. The first-order valence-electron chi connectivity index (χ1n) is 12.3. The minimum Gasteiger partial charge on any atom is -0.352 e. The first kappa shape index (κ1) is 24.5. The van der Waals surface area contributed by atoms with Crippen LogP contribution >= 0.6 is 23.2 Å². The van der Waals surface area contributed by atoms with Gasteiger partial charge in [0.05, 0.1) is 10.0 Å². The second kappa shape index (κ2) is 12.2. The SMILES string of the molecule is O=C(NCc1cccc(CN2CCCCCC2)c1)C1CCN(Cc2ccc(Cl)c(Cl)c2)CC1. The van der Waals surface area contributed by atoms with Crippen molar-refractivity contribution in [2.24, 2.45) is 5.92 Å². The maximum absolute atomic E-state index is 12.8. The molecule has 0 radical (unpaired) electrons. The number of likely N-dealkylation sites (tertiary alicyclic amines) is 2. The largest absolute Gasteiger partial charge is 0.352 e. The molecule has 0 saturated carbocycles. The van der Waals surface area contributed by atoms with Gasteiger partial charge in [-0.3, -0.25) is 14.6 Å². The summed E-state index contributed by atoms with van der Waals surface area (Å²) in [5, 5.41) is 4.37. The van der Waals surface area contributed by atoms with Crippen LogP contribution < -0.4 is 5.32 Å². The van der Waals surface area contributed by atoms with Gasteiger partial charge in [-0.25, -0.2) is 0 Å². The molecule has 0 atom stereocenters. The molecule has 0 aliphatic carbocycles. The highest BCUT2D eigenvalue weighted by Crippen LogP contribution is 2.25. The van der Waals surface area contributed by atoms with Gasteiger partial charge in [0, 0.05) is 25.6 Å². The van der Waals surface area contributed by atoms with Crippen molar-refractivity contribution in [3.63, 3.8) is 0 Å². The molecule has 2 aliphatic rings. The Labute approximate surface area is 208 Å². The molecule has 4 rings (SSSR count). The van der Waals surface area contributed by atoms with Crippen molar-refractivity contribution in [3.8, 4) is 0 Å². The normalized spacial score (nSPS) is 18.7. The Kier molecular flexibility index (Phi) is 9.08. The Morgan fingerprint density at radius 3 is 2.12 bits per heavy atom. The number of hydrogen-bond acceptors (Lipinski definition) is 3. The molecule has 2 heterocycles. The van der Waals surface area contributed by atoms with Gasteiger partial charge in [0.25, 0.3) is 0 Å². The summed E-state index contributed by atoms with van der Waals surface area (Å²) in [6.45, 7) is 6.70. The fraction of sp³-hybridized carbons (Fsp3) is 0.519. The molecule has 4 nitrogen and oxygen atoms in total. The second-order valence-corrected chi connectivity index (χ2v) is 10.3. The zero-order valence-corrected chi connectivity index (χ0v) is 20.9. The van der Waals surface area contributed by atoms with Crippen LogP contribution in [-0.2, 0) is 24.4 Å². The average Bonchev–Trinajstić information content (AvgIpc) is 3.09. The molecule has 0 spiro atoms. The zero-order chi connectivity index (χ0) is 23.0. The van der Waals surface area contributed by atoms with E-state index >= 15 is 0 Å². The lowest BCUT2D eigenvalue weighted by molar-refractivity contribution is -0.126. The Morgan fingerprint density at radius 1 is 0.788 bits per heavy atom. The third kappa shape index (κ3) is 7.45. The molecule has 33 heavy (non-hydrogen) atoms. The lowest BCUT2D eigenvalue weighted by atomic mass is 9.95. The number of benzene rings is 2. The topological polar surface area (TPSA) is 35.6 Å². The van der Waals surface area contributed by atoms with Crippen molar-refractivity contribution in [2.45, 2.75) is 58.2 Å². The maximum atomic E-state index is 12.8. The molecule has 6 heteroatoms. The van der Waals surface area contributed by atoms with Gasteiger partial charge in [-0.2, -0.15) is 0 Å². The molecule has 2 aromatic rings. The average molecular weight is 489 g/mol. The summed E-state index contributed by atoms with van der Waals surface area (Å²) < 4.78 is 0. The summed E-state index contributed by atoms with van der Waals surface area (Å²) in [5.41, 5.74) is 3.69. The number of hydrogen-bond donors (Lipinski definition) is 1. The number of carbonyl (C=O) groups excluding carboxylic acids is 1. The predicted molar refractivity (Wildman–Crippen MR) is 136 cm³/mol. The van der Waals surface area contributed by atoms with E-state index in [2.05, 4.69) is 39.4 Å². The summed E-state index contributed by atoms with van der Waals surface area (Å²) in [7, 11) is 0. The van der Waals surface area contributed by atoms with Gasteiger partial charge in [0.15, 0.2) is 0 Å². The quantitative estimate of drug-likeness (QED) is 0.527. The van der Waals surface area contributed by atoms with Crippen LogP contribution in [0.4, 0.5) is 0 Å². The van der Waals surface area contributed by atoms with E-state index in [1.54, 1.807) is 0 Å².